The summed E-state index contributed by atoms with van der Waals surface area (Å²) in [6, 6.07) is 6.59. The third kappa shape index (κ3) is 5.57. The maximum atomic E-state index is 5.85. The van der Waals surface area contributed by atoms with E-state index in [2.05, 4.69) is 39.0 Å². The van der Waals surface area contributed by atoms with Crippen LogP contribution in [0, 0.1) is 6.92 Å². The lowest BCUT2D eigenvalue weighted by atomic mass is 10.1. The zero-order chi connectivity index (χ0) is 13.2. The van der Waals surface area contributed by atoms with E-state index in [9.17, 15) is 0 Å². The van der Waals surface area contributed by atoms with Crippen LogP contribution in [0.5, 0.6) is 5.75 Å². The summed E-state index contributed by atoms with van der Waals surface area (Å²) in [5, 5.41) is 0. The van der Waals surface area contributed by atoms with Crippen molar-refractivity contribution in [2.75, 3.05) is 6.61 Å². The summed E-state index contributed by atoms with van der Waals surface area (Å²) >= 11 is 0. The zero-order valence-corrected chi connectivity index (χ0v) is 12.3. The van der Waals surface area contributed by atoms with Crippen molar-refractivity contribution in [2.45, 2.75) is 65.7 Å². The third-order valence-corrected chi connectivity index (χ3v) is 3.28. The van der Waals surface area contributed by atoms with E-state index in [1.807, 2.05) is 0 Å². The molecule has 0 radical (unpaired) electrons. The lowest BCUT2D eigenvalue weighted by Gasteiger charge is -2.10. The molecule has 0 atom stereocenters. The average molecular weight is 248 g/mol. The molecule has 0 bridgehead atoms. The van der Waals surface area contributed by atoms with E-state index < -0.39 is 0 Å². The van der Waals surface area contributed by atoms with E-state index in [-0.39, 0.29) is 0 Å². The van der Waals surface area contributed by atoms with Crippen molar-refractivity contribution in [3.8, 4) is 5.75 Å². The molecule has 0 unspecified atom stereocenters. The monoisotopic (exact) mass is 248 g/mol. The second kappa shape index (κ2) is 9.02. The molecule has 18 heavy (non-hydrogen) atoms. The molecule has 0 spiro atoms. The molecule has 0 amide bonds. The fourth-order valence-corrected chi connectivity index (χ4v) is 2.21. The van der Waals surface area contributed by atoms with Crippen molar-refractivity contribution in [1.29, 1.82) is 0 Å². The first-order valence-corrected chi connectivity index (χ1v) is 7.50. The first-order chi connectivity index (χ1) is 8.77. The van der Waals surface area contributed by atoms with Gasteiger partial charge in [0.1, 0.15) is 5.75 Å². The first-order valence-electron chi connectivity index (χ1n) is 7.50. The van der Waals surface area contributed by atoms with Crippen molar-refractivity contribution in [1.82, 2.24) is 0 Å². The van der Waals surface area contributed by atoms with Gasteiger partial charge >= 0.3 is 0 Å². The van der Waals surface area contributed by atoms with Gasteiger partial charge in [-0.25, -0.2) is 0 Å². The van der Waals surface area contributed by atoms with Gasteiger partial charge in [0.25, 0.3) is 0 Å². The van der Waals surface area contributed by atoms with Gasteiger partial charge in [0, 0.05) is 0 Å². The second-order valence-electron chi connectivity index (χ2n) is 5.11. The van der Waals surface area contributed by atoms with Crippen molar-refractivity contribution < 1.29 is 4.74 Å². The largest absolute Gasteiger partial charge is 0.493 e. The van der Waals surface area contributed by atoms with Crippen LogP contribution in [0.1, 0.15) is 63.5 Å². The number of aryl methyl sites for hydroxylation is 2. The minimum absolute atomic E-state index is 0.859. The number of unbranched alkanes of at least 4 members (excludes halogenated alkanes) is 4. The van der Waals surface area contributed by atoms with E-state index in [1.54, 1.807) is 0 Å². The highest BCUT2D eigenvalue weighted by Crippen LogP contribution is 2.20. The van der Waals surface area contributed by atoms with Crippen molar-refractivity contribution in [3.05, 3.63) is 29.3 Å². The first kappa shape index (κ1) is 15.1. The Balaban J connectivity index is 2.29. The number of hydrogen-bond acceptors (Lipinski definition) is 1. The lowest BCUT2D eigenvalue weighted by molar-refractivity contribution is 0.302. The molecule has 0 aliphatic carbocycles. The topological polar surface area (TPSA) is 9.23 Å². The van der Waals surface area contributed by atoms with E-state index in [0.717, 1.165) is 18.8 Å². The minimum atomic E-state index is 0.859. The average Bonchev–Trinajstić information content (AvgIpc) is 2.36. The highest BCUT2D eigenvalue weighted by Gasteiger charge is 2.01. The van der Waals surface area contributed by atoms with Gasteiger partial charge in [-0.3, -0.25) is 0 Å². The Hall–Kier alpha value is -0.980. The van der Waals surface area contributed by atoms with Crippen LogP contribution in [0.25, 0.3) is 0 Å². The quantitative estimate of drug-likeness (QED) is 0.539. The summed E-state index contributed by atoms with van der Waals surface area (Å²) in [6.45, 7) is 7.47. The predicted octanol–water partition coefficient (Wildman–Crippen LogP) is 5.30. The summed E-state index contributed by atoms with van der Waals surface area (Å²) in [4.78, 5) is 0. The Morgan fingerprint density at radius 3 is 2.39 bits per heavy atom. The number of rotatable bonds is 9. The summed E-state index contributed by atoms with van der Waals surface area (Å²) in [7, 11) is 0. The Bertz CT molecular complexity index is 330. The van der Waals surface area contributed by atoms with Crippen molar-refractivity contribution in [3.63, 3.8) is 0 Å². The van der Waals surface area contributed by atoms with Crippen LogP contribution in [0.3, 0.4) is 0 Å². The van der Waals surface area contributed by atoms with Gasteiger partial charge in [0.15, 0.2) is 0 Å². The van der Waals surface area contributed by atoms with E-state index in [4.69, 9.17) is 4.74 Å². The molecular weight excluding hydrogens is 220 g/mol. The van der Waals surface area contributed by atoms with Gasteiger partial charge in [0.2, 0.25) is 0 Å². The molecule has 102 valence electrons. The molecule has 1 nitrogen and oxygen atoms in total. The zero-order valence-electron chi connectivity index (χ0n) is 12.3. The van der Waals surface area contributed by atoms with Crippen LogP contribution in [0.4, 0.5) is 0 Å². The number of hydrogen-bond donors (Lipinski definition) is 0. The Morgan fingerprint density at radius 2 is 1.72 bits per heavy atom. The van der Waals surface area contributed by atoms with Gasteiger partial charge in [-0.05, 0) is 37.0 Å². The highest BCUT2D eigenvalue weighted by molar-refractivity contribution is 5.36. The van der Waals surface area contributed by atoms with Gasteiger partial charge in [0.05, 0.1) is 6.61 Å². The standard InChI is InChI=1S/C17H28O/c1-4-6-7-8-9-13-18-17-12-11-16(10-5-2)14-15(17)3/h11-12,14H,4-10,13H2,1-3H3. The molecule has 1 aromatic rings. The van der Waals surface area contributed by atoms with Gasteiger partial charge in [-0.2, -0.15) is 0 Å². The summed E-state index contributed by atoms with van der Waals surface area (Å²) < 4.78 is 5.85. The van der Waals surface area contributed by atoms with Gasteiger partial charge in [-0.15, -0.1) is 0 Å². The van der Waals surface area contributed by atoms with Gasteiger partial charge in [-0.1, -0.05) is 58.1 Å². The normalized spacial score (nSPS) is 10.6. The number of ether oxygens (including phenoxy) is 1. The molecule has 0 saturated carbocycles. The Labute approximate surface area is 113 Å². The molecule has 0 aromatic heterocycles. The van der Waals surface area contributed by atoms with Crippen LogP contribution in [-0.4, -0.2) is 6.61 Å². The molecule has 0 aliphatic rings. The molecule has 0 N–H and O–H groups in total. The Kier molecular flexibility index (Phi) is 7.55. The highest BCUT2D eigenvalue weighted by atomic mass is 16.5. The molecule has 1 rings (SSSR count). The third-order valence-electron chi connectivity index (χ3n) is 3.28. The van der Waals surface area contributed by atoms with Crippen LogP contribution in [0.15, 0.2) is 18.2 Å². The molecule has 0 saturated heterocycles. The fourth-order valence-electron chi connectivity index (χ4n) is 2.21. The van der Waals surface area contributed by atoms with Crippen molar-refractivity contribution >= 4 is 0 Å². The van der Waals surface area contributed by atoms with Gasteiger partial charge < -0.3 is 4.74 Å². The number of benzene rings is 1. The fraction of sp³-hybridized carbons (Fsp3) is 0.647. The summed E-state index contributed by atoms with van der Waals surface area (Å²) in [5.74, 6) is 1.06. The lowest BCUT2D eigenvalue weighted by Crippen LogP contribution is -1.99. The van der Waals surface area contributed by atoms with Crippen LogP contribution < -0.4 is 4.74 Å². The van der Waals surface area contributed by atoms with Crippen LogP contribution in [0.2, 0.25) is 0 Å². The molecule has 1 heteroatoms. The molecule has 0 aliphatic heterocycles. The van der Waals surface area contributed by atoms with Crippen molar-refractivity contribution in [2.24, 2.45) is 0 Å². The van der Waals surface area contributed by atoms with E-state index >= 15 is 0 Å². The summed E-state index contributed by atoms with van der Waals surface area (Å²) in [5.41, 5.74) is 2.69. The second-order valence-corrected chi connectivity index (χ2v) is 5.11. The Morgan fingerprint density at radius 1 is 0.944 bits per heavy atom. The van der Waals surface area contributed by atoms with E-state index in [0.29, 0.717) is 0 Å². The minimum Gasteiger partial charge on any atom is -0.493 e. The molecule has 0 heterocycles. The smallest absolute Gasteiger partial charge is 0.122 e. The predicted molar refractivity (Wildman–Crippen MR) is 79.4 cm³/mol. The maximum Gasteiger partial charge on any atom is 0.122 e. The van der Waals surface area contributed by atoms with Crippen LogP contribution >= 0.6 is 0 Å². The maximum absolute atomic E-state index is 5.85. The molecule has 1 aromatic carbocycles. The van der Waals surface area contributed by atoms with E-state index in [1.165, 1.54) is 49.7 Å². The SMILES string of the molecule is CCCCCCCOc1ccc(CCC)cc1C. The van der Waals surface area contributed by atoms with Crippen LogP contribution in [-0.2, 0) is 6.42 Å². The molecular formula is C17H28O. The summed E-state index contributed by atoms with van der Waals surface area (Å²) in [6.07, 6.45) is 8.84. The molecule has 0 fully saturated rings.